The van der Waals surface area contributed by atoms with Gasteiger partial charge in [-0.25, -0.2) is 4.79 Å². The molecule has 2 aliphatic rings. The topological polar surface area (TPSA) is 92.6 Å². The van der Waals surface area contributed by atoms with Crippen LogP contribution in [0.3, 0.4) is 0 Å². The maximum atomic E-state index is 12.7. The number of nitrogens with zero attached hydrogens (tertiary/aromatic N) is 2. The Kier molecular flexibility index (Phi) is 3.79. The Morgan fingerprint density at radius 3 is 2.43 bits per heavy atom. The lowest BCUT2D eigenvalue weighted by atomic mass is 9.77. The number of carbonyl (C=O) groups is 2. The van der Waals surface area contributed by atoms with Gasteiger partial charge in [-0.3, -0.25) is 19.8 Å². The van der Waals surface area contributed by atoms with Crippen molar-refractivity contribution in [3.05, 3.63) is 39.9 Å². The predicted octanol–water partition coefficient (Wildman–Crippen LogP) is 2.60. The van der Waals surface area contributed by atoms with E-state index in [-0.39, 0.29) is 24.2 Å². The third-order valence-electron chi connectivity index (χ3n) is 4.86. The molecule has 7 heteroatoms. The number of benzene rings is 1. The lowest BCUT2D eigenvalue weighted by Gasteiger charge is -2.33. The number of non-ortho nitro benzene ring substituents is 1. The van der Waals surface area contributed by atoms with E-state index in [9.17, 15) is 19.7 Å². The van der Waals surface area contributed by atoms with E-state index in [4.69, 9.17) is 0 Å². The average Bonchev–Trinajstić information content (AvgIpc) is 2.75. The van der Waals surface area contributed by atoms with Gasteiger partial charge < -0.3 is 5.32 Å². The molecule has 3 amide bonds. The summed E-state index contributed by atoms with van der Waals surface area (Å²) < 4.78 is 0. The van der Waals surface area contributed by atoms with Crippen molar-refractivity contribution in [2.45, 2.75) is 44.7 Å². The van der Waals surface area contributed by atoms with Crippen molar-refractivity contribution in [2.75, 3.05) is 0 Å². The molecule has 1 aromatic carbocycles. The summed E-state index contributed by atoms with van der Waals surface area (Å²) in [4.78, 5) is 36.3. The zero-order valence-electron chi connectivity index (χ0n) is 12.9. The van der Waals surface area contributed by atoms with Crippen LogP contribution in [0.5, 0.6) is 0 Å². The summed E-state index contributed by atoms with van der Waals surface area (Å²) in [6.07, 6.45) is 3.21. The molecule has 1 saturated heterocycles. The Hall–Kier alpha value is -2.44. The summed E-state index contributed by atoms with van der Waals surface area (Å²) in [5.41, 5.74) is -0.0614. The standard InChI is InChI=1S/C16H19N3O4/c1-11-6-8-16(9-7-11)14(20)18(15(21)17-16)10-12-2-4-13(5-3-12)19(22)23/h2-5,11H,6-10H2,1H3,(H,17,21). The van der Waals surface area contributed by atoms with Gasteiger partial charge in [0, 0.05) is 12.1 Å². The van der Waals surface area contributed by atoms with Gasteiger partial charge in [-0.15, -0.1) is 0 Å². The van der Waals surface area contributed by atoms with Gasteiger partial charge in [0.25, 0.3) is 11.6 Å². The maximum absolute atomic E-state index is 12.7. The van der Waals surface area contributed by atoms with E-state index in [1.165, 1.54) is 17.0 Å². The van der Waals surface area contributed by atoms with Crippen molar-refractivity contribution in [1.29, 1.82) is 0 Å². The second kappa shape index (κ2) is 5.64. The van der Waals surface area contributed by atoms with Crippen LogP contribution in [0.15, 0.2) is 24.3 Å². The van der Waals surface area contributed by atoms with Crippen LogP contribution in [-0.4, -0.2) is 27.3 Å². The molecular weight excluding hydrogens is 298 g/mol. The number of nitro benzene ring substituents is 1. The molecule has 2 fully saturated rings. The van der Waals surface area contributed by atoms with Gasteiger partial charge in [-0.1, -0.05) is 19.1 Å². The first-order chi connectivity index (χ1) is 10.9. The van der Waals surface area contributed by atoms with Gasteiger partial charge in [0.05, 0.1) is 11.5 Å². The molecule has 1 spiro atoms. The third kappa shape index (κ3) is 2.78. The molecule has 0 atom stereocenters. The fraction of sp³-hybridized carbons (Fsp3) is 0.500. The number of nitro groups is 1. The van der Waals surface area contributed by atoms with Crippen molar-refractivity contribution in [3.63, 3.8) is 0 Å². The van der Waals surface area contributed by atoms with Crippen molar-refractivity contribution in [3.8, 4) is 0 Å². The van der Waals surface area contributed by atoms with Crippen molar-refractivity contribution in [1.82, 2.24) is 10.2 Å². The first-order valence-electron chi connectivity index (χ1n) is 7.79. The molecule has 0 unspecified atom stereocenters. The molecule has 0 bridgehead atoms. The molecule has 1 heterocycles. The molecule has 7 nitrogen and oxygen atoms in total. The van der Waals surface area contributed by atoms with Crippen LogP contribution in [0.2, 0.25) is 0 Å². The van der Waals surface area contributed by atoms with E-state index in [0.717, 1.165) is 12.8 Å². The SMILES string of the molecule is CC1CCC2(CC1)NC(=O)N(Cc1ccc([N+](=O)[O-])cc1)C2=O. The molecule has 3 rings (SSSR count). The lowest BCUT2D eigenvalue weighted by molar-refractivity contribution is -0.384. The number of amides is 3. The Balaban J connectivity index is 1.74. The predicted molar refractivity (Wildman–Crippen MR) is 82.5 cm³/mol. The fourth-order valence-corrected chi connectivity index (χ4v) is 3.32. The first kappa shape index (κ1) is 15.5. The van der Waals surface area contributed by atoms with Crippen LogP contribution in [0.25, 0.3) is 0 Å². The molecule has 1 aromatic rings. The highest BCUT2D eigenvalue weighted by Crippen LogP contribution is 2.36. The Bertz CT molecular complexity index is 648. The Labute approximate surface area is 133 Å². The van der Waals surface area contributed by atoms with E-state index < -0.39 is 10.5 Å². The normalized spacial score (nSPS) is 27.3. The van der Waals surface area contributed by atoms with Gasteiger partial charge in [0.2, 0.25) is 0 Å². The molecule has 1 N–H and O–H groups in total. The molecule has 1 aliphatic carbocycles. The second-order valence-corrected chi connectivity index (χ2v) is 6.51. The van der Waals surface area contributed by atoms with E-state index in [2.05, 4.69) is 12.2 Å². The highest BCUT2D eigenvalue weighted by molar-refractivity contribution is 6.07. The molecule has 23 heavy (non-hydrogen) atoms. The third-order valence-corrected chi connectivity index (χ3v) is 4.86. The Morgan fingerprint density at radius 2 is 1.87 bits per heavy atom. The van der Waals surface area contributed by atoms with Gasteiger partial charge in [0.15, 0.2) is 0 Å². The number of carbonyl (C=O) groups excluding carboxylic acids is 2. The van der Waals surface area contributed by atoms with Crippen LogP contribution in [0.4, 0.5) is 10.5 Å². The number of hydrogen-bond donors (Lipinski definition) is 1. The van der Waals surface area contributed by atoms with E-state index in [0.29, 0.717) is 24.3 Å². The molecule has 1 aliphatic heterocycles. The van der Waals surface area contributed by atoms with Crippen LogP contribution in [0.1, 0.15) is 38.2 Å². The minimum Gasteiger partial charge on any atom is -0.323 e. The molecule has 1 saturated carbocycles. The molecule has 0 radical (unpaired) electrons. The summed E-state index contributed by atoms with van der Waals surface area (Å²) in [7, 11) is 0. The summed E-state index contributed by atoms with van der Waals surface area (Å²) in [5.74, 6) is 0.404. The monoisotopic (exact) mass is 317 g/mol. The number of hydrogen-bond acceptors (Lipinski definition) is 4. The maximum Gasteiger partial charge on any atom is 0.325 e. The van der Waals surface area contributed by atoms with Crippen molar-refractivity contribution >= 4 is 17.6 Å². The van der Waals surface area contributed by atoms with Gasteiger partial charge in [0.1, 0.15) is 5.54 Å². The van der Waals surface area contributed by atoms with E-state index in [1.54, 1.807) is 12.1 Å². The van der Waals surface area contributed by atoms with Gasteiger partial charge in [-0.05, 0) is 37.2 Å². The number of imide groups is 1. The smallest absolute Gasteiger partial charge is 0.323 e. The molecule has 0 aromatic heterocycles. The summed E-state index contributed by atoms with van der Waals surface area (Å²) in [5, 5.41) is 13.5. The van der Waals surface area contributed by atoms with E-state index >= 15 is 0 Å². The minimum atomic E-state index is -0.746. The quantitative estimate of drug-likeness (QED) is 0.527. The van der Waals surface area contributed by atoms with Crippen LogP contribution in [0, 0.1) is 16.0 Å². The largest absolute Gasteiger partial charge is 0.325 e. The summed E-state index contributed by atoms with van der Waals surface area (Å²) in [6, 6.07) is 5.54. The van der Waals surface area contributed by atoms with Crippen LogP contribution >= 0.6 is 0 Å². The van der Waals surface area contributed by atoms with Gasteiger partial charge in [-0.2, -0.15) is 0 Å². The average molecular weight is 317 g/mol. The molecule has 122 valence electrons. The number of rotatable bonds is 3. The second-order valence-electron chi connectivity index (χ2n) is 6.51. The van der Waals surface area contributed by atoms with Gasteiger partial charge >= 0.3 is 6.03 Å². The zero-order valence-corrected chi connectivity index (χ0v) is 12.9. The Morgan fingerprint density at radius 1 is 1.26 bits per heavy atom. The summed E-state index contributed by atoms with van der Waals surface area (Å²) >= 11 is 0. The zero-order chi connectivity index (χ0) is 16.6. The molecular formula is C16H19N3O4. The summed E-state index contributed by atoms with van der Waals surface area (Å²) in [6.45, 7) is 2.29. The van der Waals surface area contributed by atoms with Crippen LogP contribution < -0.4 is 5.32 Å². The first-order valence-corrected chi connectivity index (χ1v) is 7.79. The van der Waals surface area contributed by atoms with Crippen molar-refractivity contribution in [2.24, 2.45) is 5.92 Å². The highest BCUT2D eigenvalue weighted by Gasteiger charge is 2.51. The lowest BCUT2D eigenvalue weighted by Crippen LogP contribution is -2.49. The minimum absolute atomic E-state index is 0.0105. The fourth-order valence-electron chi connectivity index (χ4n) is 3.32. The van der Waals surface area contributed by atoms with E-state index in [1.807, 2.05) is 0 Å². The highest BCUT2D eigenvalue weighted by atomic mass is 16.6. The van der Waals surface area contributed by atoms with Crippen LogP contribution in [-0.2, 0) is 11.3 Å². The number of urea groups is 1. The number of nitrogens with one attached hydrogen (secondary N) is 1. The van der Waals surface area contributed by atoms with Crippen molar-refractivity contribution < 1.29 is 14.5 Å².